The van der Waals surface area contributed by atoms with Gasteiger partial charge in [-0.1, -0.05) is 0 Å². The van der Waals surface area contributed by atoms with E-state index in [4.69, 9.17) is 0 Å². The summed E-state index contributed by atoms with van der Waals surface area (Å²) in [7, 11) is 0. The van der Waals surface area contributed by atoms with Gasteiger partial charge in [0.15, 0.2) is 0 Å². The third-order valence-electron chi connectivity index (χ3n) is 3.04. The molecule has 18 heavy (non-hydrogen) atoms. The van der Waals surface area contributed by atoms with Crippen LogP contribution in [0.1, 0.15) is 26.3 Å². The first-order chi connectivity index (χ1) is 8.59. The van der Waals surface area contributed by atoms with Crippen molar-refractivity contribution < 1.29 is 0 Å². The topological polar surface area (TPSA) is 46.9 Å². The third kappa shape index (κ3) is 3.09. The van der Waals surface area contributed by atoms with Crippen molar-refractivity contribution in [1.82, 2.24) is 9.78 Å². The zero-order chi connectivity index (χ0) is 13.1. The highest BCUT2D eigenvalue weighted by Gasteiger charge is 2.16. The molecular weight excluding hydrogens is 314 g/mol. The van der Waals surface area contributed by atoms with Gasteiger partial charge in [-0.2, -0.15) is 16.9 Å². The smallest absolute Gasteiger partial charge is 0.283 e. The Morgan fingerprint density at radius 3 is 3.06 bits per heavy atom. The summed E-state index contributed by atoms with van der Waals surface area (Å²) >= 11 is 5.37. The lowest BCUT2D eigenvalue weighted by Gasteiger charge is -2.14. The highest BCUT2D eigenvalue weighted by Crippen LogP contribution is 2.24. The number of hydrogen-bond donors (Lipinski definition) is 1. The van der Waals surface area contributed by atoms with E-state index in [0.717, 1.165) is 12.2 Å². The summed E-state index contributed by atoms with van der Waals surface area (Å²) in [5.41, 5.74) is 0.726. The zero-order valence-corrected chi connectivity index (χ0v) is 13.1. The monoisotopic (exact) mass is 331 g/mol. The summed E-state index contributed by atoms with van der Waals surface area (Å²) in [5, 5.41) is 7.52. The van der Waals surface area contributed by atoms with Crippen LogP contribution in [-0.4, -0.2) is 27.8 Å². The maximum absolute atomic E-state index is 12.0. The summed E-state index contributed by atoms with van der Waals surface area (Å²) in [4.78, 5) is 12.0. The average Bonchev–Trinajstić information content (AvgIpc) is 2.83. The molecule has 0 radical (unpaired) electrons. The van der Waals surface area contributed by atoms with E-state index in [0.29, 0.717) is 10.4 Å². The van der Waals surface area contributed by atoms with E-state index in [1.165, 1.54) is 22.6 Å². The Morgan fingerprint density at radius 1 is 1.67 bits per heavy atom. The molecule has 1 aromatic rings. The standard InChI is InChI=1S/C12H18BrN3OS/c1-8(2)16-12(17)11(13)10(6-15-16)14-5-9-3-4-18-7-9/h6,8-9,14H,3-5,7H2,1-2H3. The van der Waals surface area contributed by atoms with Gasteiger partial charge < -0.3 is 5.32 Å². The van der Waals surface area contributed by atoms with Gasteiger partial charge in [0.25, 0.3) is 5.56 Å². The number of aromatic nitrogens is 2. The van der Waals surface area contributed by atoms with Crippen molar-refractivity contribution in [3.63, 3.8) is 0 Å². The second-order valence-corrected chi connectivity index (χ2v) is 6.77. The fourth-order valence-electron chi connectivity index (χ4n) is 1.93. The van der Waals surface area contributed by atoms with E-state index in [-0.39, 0.29) is 11.6 Å². The van der Waals surface area contributed by atoms with Crippen LogP contribution in [0, 0.1) is 5.92 Å². The van der Waals surface area contributed by atoms with Gasteiger partial charge in [-0.3, -0.25) is 4.79 Å². The lowest BCUT2D eigenvalue weighted by atomic mass is 10.1. The number of nitrogens with zero attached hydrogens (tertiary/aromatic N) is 2. The highest BCUT2D eigenvalue weighted by atomic mass is 79.9. The summed E-state index contributed by atoms with van der Waals surface area (Å²) in [6.07, 6.45) is 2.99. The van der Waals surface area contributed by atoms with Crippen molar-refractivity contribution in [2.45, 2.75) is 26.3 Å². The first-order valence-electron chi connectivity index (χ1n) is 6.18. The molecule has 1 fully saturated rings. The highest BCUT2D eigenvalue weighted by molar-refractivity contribution is 9.10. The number of anilines is 1. The van der Waals surface area contributed by atoms with E-state index in [1.807, 2.05) is 25.6 Å². The van der Waals surface area contributed by atoms with Crippen LogP contribution >= 0.6 is 27.7 Å². The van der Waals surface area contributed by atoms with Crippen LogP contribution in [0.4, 0.5) is 5.69 Å². The molecule has 0 aromatic carbocycles. The molecule has 0 bridgehead atoms. The molecule has 4 nitrogen and oxygen atoms in total. The molecular formula is C12H18BrN3OS. The van der Waals surface area contributed by atoms with Crippen molar-refractivity contribution in [2.24, 2.45) is 5.92 Å². The molecule has 0 spiro atoms. The average molecular weight is 332 g/mol. The zero-order valence-electron chi connectivity index (χ0n) is 10.6. The Balaban J connectivity index is 2.09. The third-order valence-corrected chi connectivity index (χ3v) is 5.04. The van der Waals surface area contributed by atoms with Gasteiger partial charge in [0, 0.05) is 6.54 Å². The van der Waals surface area contributed by atoms with Crippen LogP contribution in [0.3, 0.4) is 0 Å². The van der Waals surface area contributed by atoms with Crippen LogP contribution < -0.4 is 10.9 Å². The van der Waals surface area contributed by atoms with E-state index in [2.05, 4.69) is 26.3 Å². The maximum atomic E-state index is 12.0. The molecule has 6 heteroatoms. The molecule has 1 N–H and O–H groups in total. The molecule has 0 saturated carbocycles. The van der Waals surface area contributed by atoms with Gasteiger partial charge in [0.2, 0.25) is 0 Å². The Labute approximate surface area is 120 Å². The first kappa shape index (κ1) is 13.9. The number of halogens is 1. The molecule has 2 rings (SSSR count). The van der Waals surface area contributed by atoms with Crippen molar-refractivity contribution in [1.29, 1.82) is 0 Å². The second-order valence-electron chi connectivity index (χ2n) is 4.83. The molecule has 1 atom stereocenters. The maximum Gasteiger partial charge on any atom is 0.283 e. The van der Waals surface area contributed by atoms with Crippen LogP contribution in [0.5, 0.6) is 0 Å². The Bertz CT molecular complexity index is 469. The number of hydrogen-bond acceptors (Lipinski definition) is 4. The number of thioether (sulfide) groups is 1. The van der Waals surface area contributed by atoms with Gasteiger partial charge in [0.1, 0.15) is 4.47 Å². The fraction of sp³-hybridized carbons (Fsp3) is 0.667. The van der Waals surface area contributed by atoms with Gasteiger partial charge in [0.05, 0.1) is 17.9 Å². The predicted octanol–water partition coefficient (Wildman–Crippen LogP) is 2.75. The molecule has 0 amide bonds. The van der Waals surface area contributed by atoms with Crippen molar-refractivity contribution in [2.75, 3.05) is 23.4 Å². The largest absolute Gasteiger partial charge is 0.382 e. The summed E-state index contributed by atoms with van der Waals surface area (Å²) in [6, 6.07) is 0.0779. The lowest BCUT2D eigenvalue weighted by Crippen LogP contribution is -2.26. The fourth-order valence-corrected chi connectivity index (χ4v) is 3.64. The van der Waals surface area contributed by atoms with Gasteiger partial charge in [-0.05, 0) is 53.6 Å². The Hall–Kier alpha value is -0.490. The molecule has 2 heterocycles. The van der Waals surface area contributed by atoms with Crippen LogP contribution in [-0.2, 0) is 0 Å². The van der Waals surface area contributed by atoms with Crippen LogP contribution in [0.15, 0.2) is 15.5 Å². The minimum absolute atomic E-state index is 0.0733. The second kappa shape index (κ2) is 6.10. The van der Waals surface area contributed by atoms with Crippen molar-refractivity contribution >= 4 is 33.4 Å². The van der Waals surface area contributed by atoms with Crippen LogP contribution in [0.25, 0.3) is 0 Å². The lowest BCUT2D eigenvalue weighted by molar-refractivity contribution is 0.500. The molecule has 1 unspecified atom stereocenters. The van der Waals surface area contributed by atoms with Gasteiger partial charge in [-0.25, -0.2) is 4.68 Å². The predicted molar refractivity (Wildman–Crippen MR) is 80.5 cm³/mol. The van der Waals surface area contributed by atoms with Crippen molar-refractivity contribution in [3.8, 4) is 0 Å². The van der Waals surface area contributed by atoms with Crippen LogP contribution in [0.2, 0.25) is 0 Å². The number of rotatable bonds is 4. The van der Waals surface area contributed by atoms with E-state index < -0.39 is 0 Å². The SMILES string of the molecule is CC(C)n1ncc(NCC2CCSC2)c(Br)c1=O. The quantitative estimate of drug-likeness (QED) is 0.921. The molecule has 0 aliphatic carbocycles. The summed E-state index contributed by atoms with van der Waals surface area (Å²) in [6.45, 7) is 4.81. The summed E-state index contributed by atoms with van der Waals surface area (Å²) < 4.78 is 2.07. The minimum Gasteiger partial charge on any atom is -0.382 e. The molecule has 100 valence electrons. The van der Waals surface area contributed by atoms with E-state index in [1.54, 1.807) is 6.20 Å². The minimum atomic E-state index is -0.0733. The van der Waals surface area contributed by atoms with Gasteiger partial charge >= 0.3 is 0 Å². The van der Waals surface area contributed by atoms with E-state index >= 15 is 0 Å². The Kier molecular flexibility index (Phi) is 4.72. The normalized spacial score (nSPS) is 19.4. The molecule has 1 aromatic heterocycles. The Morgan fingerprint density at radius 2 is 2.44 bits per heavy atom. The summed E-state index contributed by atoms with van der Waals surface area (Å²) in [5.74, 6) is 3.16. The molecule has 1 aliphatic heterocycles. The van der Waals surface area contributed by atoms with E-state index in [9.17, 15) is 4.79 Å². The van der Waals surface area contributed by atoms with Crippen molar-refractivity contribution in [3.05, 3.63) is 21.0 Å². The molecule has 1 aliphatic rings. The van der Waals surface area contributed by atoms with Gasteiger partial charge in [-0.15, -0.1) is 0 Å². The first-order valence-corrected chi connectivity index (χ1v) is 8.13. The number of nitrogens with one attached hydrogen (secondary N) is 1. The molecule has 1 saturated heterocycles.